The Morgan fingerprint density at radius 3 is 2.50 bits per heavy atom. The molecule has 3 heterocycles. The number of allylic oxidation sites excluding steroid dienone is 1. The van der Waals surface area contributed by atoms with Crippen LogP contribution in [0.4, 0.5) is 0 Å². The molecule has 1 fully saturated rings. The molecule has 3 aliphatic rings. The van der Waals surface area contributed by atoms with Gasteiger partial charge in [-0.25, -0.2) is 9.79 Å². The molecule has 1 saturated heterocycles. The molecule has 0 radical (unpaired) electrons. The van der Waals surface area contributed by atoms with Crippen molar-refractivity contribution >= 4 is 28.8 Å². The van der Waals surface area contributed by atoms with Crippen LogP contribution in [0.5, 0.6) is 0 Å². The van der Waals surface area contributed by atoms with Crippen LogP contribution in [0.25, 0.3) is 0 Å². The van der Waals surface area contributed by atoms with Crippen LogP contribution in [0, 0.1) is 0 Å². The number of methoxy groups -OCH3 is 1. The average Bonchev–Trinajstić information content (AvgIpc) is 3.19. The Labute approximate surface area is 193 Å². The van der Waals surface area contributed by atoms with Gasteiger partial charge in [0.1, 0.15) is 0 Å². The van der Waals surface area contributed by atoms with E-state index in [1.165, 1.54) is 18.9 Å². The van der Waals surface area contributed by atoms with Crippen LogP contribution in [0.3, 0.4) is 0 Å². The van der Waals surface area contributed by atoms with Gasteiger partial charge in [0.25, 0.3) is 0 Å². The summed E-state index contributed by atoms with van der Waals surface area (Å²) < 4.78 is 10.9. The molecule has 8 heteroatoms. The minimum Gasteiger partial charge on any atom is -0.466 e. The first-order valence-corrected chi connectivity index (χ1v) is 11.8. The number of nitrogens with zero attached hydrogens (tertiary/aromatic N) is 3. The van der Waals surface area contributed by atoms with E-state index in [4.69, 9.17) is 14.5 Å². The maximum absolute atomic E-state index is 13.2. The van der Waals surface area contributed by atoms with Crippen molar-refractivity contribution in [3.8, 4) is 0 Å². The van der Waals surface area contributed by atoms with Gasteiger partial charge in [-0.15, -0.1) is 0 Å². The number of fused-ring (bicyclic) bond motifs is 1. The Kier molecular flexibility index (Phi) is 6.71. The summed E-state index contributed by atoms with van der Waals surface area (Å²) in [5.41, 5.74) is 3.05. The molecular weight excluding hydrogens is 426 g/mol. The lowest BCUT2D eigenvalue weighted by atomic mass is 9.93. The molecule has 1 aromatic rings. The summed E-state index contributed by atoms with van der Waals surface area (Å²) in [6.07, 6.45) is 0.883. The van der Waals surface area contributed by atoms with Crippen LogP contribution in [0.1, 0.15) is 45.2 Å². The highest BCUT2D eigenvalue weighted by atomic mass is 32.2. The molecule has 170 valence electrons. The van der Waals surface area contributed by atoms with Gasteiger partial charge >= 0.3 is 5.97 Å². The maximum Gasteiger partial charge on any atom is 0.338 e. The number of aliphatic imine (C=N–C) groups is 1. The smallest absolute Gasteiger partial charge is 0.338 e. The summed E-state index contributed by atoms with van der Waals surface area (Å²) >= 11 is 1.50. The number of thioether (sulfide) groups is 1. The Morgan fingerprint density at radius 1 is 1.19 bits per heavy atom. The number of esters is 1. The molecule has 0 unspecified atom stereocenters. The topological polar surface area (TPSA) is 71.4 Å². The molecule has 3 atom stereocenters. The maximum atomic E-state index is 13.2. The molecule has 0 saturated carbocycles. The molecule has 1 aromatic carbocycles. The van der Waals surface area contributed by atoms with Crippen molar-refractivity contribution in [2.45, 2.75) is 51.9 Å². The van der Waals surface area contributed by atoms with Gasteiger partial charge in [-0.3, -0.25) is 4.79 Å². The van der Waals surface area contributed by atoms with E-state index in [-0.39, 0.29) is 30.6 Å². The molecule has 0 spiro atoms. The lowest BCUT2D eigenvalue weighted by Crippen LogP contribution is -2.48. The number of rotatable bonds is 5. The Hall–Kier alpha value is -2.58. The van der Waals surface area contributed by atoms with Crippen LogP contribution in [-0.4, -0.2) is 59.3 Å². The zero-order valence-corrected chi connectivity index (χ0v) is 19.7. The van der Waals surface area contributed by atoms with E-state index < -0.39 is 5.97 Å². The van der Waals surface area contributed by atoms with E-state index >= 15 is 0 Å². The van der Waals surface area contributed by atoms with Gasteiger partial charge in [0.05, 0.1) is 43.1 Å². The second kappa shape index (κ2) is 9.50. The quantitative estimate of drug-likeness (QED) is 0.628. The van der Waals surface area contributed by atoms with E-state index in [1.807, 2.05) is 66.3 Å². The molecule has 7 nitrogen and oxygen atoms in total. The third kappa shape index (κ3) is 4.34. The number of hydrogen-bond acceptors (Lipinski definition) is 7. The number of amides is 1. The highest BCUT2D eigenvalue weighted by molar-refractivity contribution is 8.16. The summed E-state index contributed by atoms with van der Waals surface area (Å²) in [6.45, 7) is 7.13. The fourth-order valence-corrected chi connectivity index (χ4v) is 5.45. The fourth-order valence-electron chi connectivity index (χ4n) is 4.51. The molecule has 0 aliphatic carbocycles. The van der Waals surface area contributed by atoms with Crippen molar-refractivity contribution < 1.29 is 19.1 Å². The molecule has 32 heavy (non-hydrogen) atoms. The predicted octanol–water partition coefficient (Wildman–Crippen LogP) is 3.85. The molecule has 0 bridgehead atoms. The SMILES string of the molecule is CCC1=C(C(=O)OC)[C@H](c2ccccc2)N2C(CC(=O)N3C[C@@H](C)O[C@H](C)C3)=CSC2=N1. The van der Waals surface area contributed by atoms with Crippen molar-refractivity contribution in [3.05, 3.63) is 58.3 Å². The lowest BCUT2D eigenvalue weighted by Gasteiger charge is -2.38. The zero-order chi connectivity index (χ0) is 22.8. The van der Waals surface area contributed by atoms with Gasteiger partial charge in [0, 0.05) is 18.8 Å². The first-order valence-electron chi connectivity index (χ1n) is 11.0. The summed E-state index contributed by atoms with van der Waals surface area (Å²) in [6, 6.07) is 9.46. The minimum atomic E-state index is -0.392. The standard InChI is InChI=1S/C24H29N3O4S/c1-5-19-21(23(29)30-4)22(17-9-7-6-8-10-17)27-18(14-32-24(27)25-19)11-20(28)26-12-15(2)31-16(3)13-26/h6-10,14-16,22H,5,11-13H2,1-4H3/t15-,16-,22+/m1/s1. The Morgan fingerprint density at radius 2 is 1.88 bits per heavy atom. The minimum absolute atomic E-state index is 0.0137. The third-order valence-electron chi connectivity index (χ3n) is 5.85. The molecule has 3 aliphatic heterocycles. The van der Waals surface area contributed by atoms with Crippen molar-refractivity contribution in [2.24, 2.45) is 4.99 Å². The summed E-state index contributed by atoms with van der Waals surface area (Å²) in [7, 11) is 1.39. The van der Waals surface area contributed by atoms with Gasteiger partial charge in [0.15, 0.2) is 5.17 Å². The molecule has 1 amide bonds. The molecule has 0 N–H and O–H groups in total. The number of amidine groups is 1. The number of morpholine rings is 1. The van der Waals surface area contributed by atoms with Crippen LogP contribution in [0.15, 0.2) is 57.7 Å². The highest BCUT2D eigenvalue weighted by Crippen LogP contribution is 2.45. The van der Waals surface area contributed by atoms with Crippen molar-refractivity contribution in [2.75, 3.05) is 20.2 Å². The predicted molar refractivity (Wildman–Crippen MR) is 125 cm³/mol. The summed E-state index contributed by atoms with van der Waals surface area (Å²) in [4.78, 5) is 34.7. The van der Waals surface area contributed by atoms with E-state index in [1.54, 1.807) is 0 Å². The zero-order valence-electron chi connectivity index (χ0n) is 18.9. The third-order valence-corrected chi connectivity index (χ3v) is 6.74. The van der Waals surface area contributed by atoms with Gasteiger partial charge in [-0.1, -0.05) is 49.0 Å². The summed E-state index contributed by atoms with van der Waals surface area (Å²) in [5, 5.41) is 2.77. The van der Waals surface area contributed by atoms with Crippen LogP contribution in [0.2, 0.25) is 0 Å². The highest BCUT2D eigenvalue weighted by Gasteiger charge is 2.42. The number of carbonyl (C=O) groups excluding carboxylic acids is 2. The second-order valence-corrected chi connectivity index (χ2v) is 9.08. The first kappa shape index (κ1) is 22.6. The van der Waals surface area contributed by atoms with Gasteiger partial charge in [-0.05, 0) is 31.2 Å². The molecular formula is C24H29N3O4S. The van der Waals surface area contributed by atoms with Gasteiger partial charge in [-0.2, -0.15) is 0 Å². The number of carbonyl (C=O) groups is 2. The van der Waals surface area contributed by atoms with Crippen LogP contribution >= 0.6 is 11.8 Å². The summed E-state index contributed by atoms with van der Waals surface area (Å²) in [5.74, 6) is -0.339. The van der Waals surface area contributed by atoms with Gasteiger partial charge < -0.3 is 19.3 Å². The van der Waals surface area contributed by atoms with E-state index in [2.05, 4.69) is 0 Å². The number of hydrogen-bond donors (Lipinski definition) is 0. The lowest BCUT2D eigenvalue weighted by molar-refractivity contribution is -0.142. The van der Waals surface area contributed by atoms with Crippen molar-refractivity contribution in [1.29, 1.82) is 0 Å². The van der Waals surface area contributed by atoms with Crippen LogP contribution in [-0.2, 0) is 19.1 Å². The Balaban J connectivity index is 1.67. The monoisotopic (exact) mass is 455 g/mol. The number of benzene rings is 1. The van der Waals surface area contributed by atoms with E-state index in [0.29, 0.717) is 25.1 Å². The van der Waals surface area contributed by atoms with Crippen molar-refractivity contribution in [3.63, 3.8) is 0 Å². The largest absolute Gasteiger partial charge is 0.466 e. The van der Waals surface area contributed by atoms with Crippen LogP contribution < -0.4 is 0 Å². The average molecular weight is 456 g/mol. The molecule has 4 rings (SSSR count). The Bertz CT molecular complexity index is 978. The molecule has 0 aromatic heterocycles. The van der Waals surface area contributed by atoms with E-state index in [0.717, 1.165) is 22.1 Å². The van der Waals surface area contributed by atoms with E-state index in [9.17, 15) is 9.59 Å². The van der Waals surface area contributed by atoms with Gasteiger partial charge in [0.2, 0.25) is 5.91 Å². The van der Waals surface area contributed by atoms with Crippen molar-refractivity contribution in [1.82, 2.24) is 9.80 Å². The second-order valence-electron chi connectivity index (χ2n) is 8.24. The first-order chi connectivity index (χ1) is 15.4. The fraction of sp³-hybridized carbons (Fsp3) is 0.458. The normalized spacial score (nSPS) is 25.3. The number of ether oxygens (including phenoxy) is 2.